The van der Waals surface area contributed by atoms with Crippen molar-refractivity contribution < 1.29 is 9.59 Å². The van der Waals surface area contributed by atoms with Crippen molar-refractivity contribution in [1.29, 1.82) is 0 Å². The first-order valence-electron chi connectivity index (χ1n) is 8.15. The molecule has 0 atom stereocenters. The van der Waals surface area contributed by atoms with Crippen molar-refractivity contribution in [2.45, 2.75) is 40.7 Å². The summed E-state index contributed by atoms with van der Waals surface area (Å²) in [7, 11) is 0. The molecule has 4 heteroatoms. The first-order chi connectivity index (χ1) is 11.4. The maximum absolute atomic E-state index is 12.0. The fourth-order valence-electron chi connectivity index (χ4n) is 2.57. The summed E-state index contributed by atoms with van der Waals surface area (Å²) < 4.78 is 0. The quantitative estimate of drug-likeness (QED) is 0.801. The van der Waals surface area contributed by atoms with Gasteiger partial charge in [0.05, 0.1) is 0 Å². The average molecular weight is 324 g/mol. The predicted molar refractivity (Wildman–Crippen MR) is 97.6 cm³/mol. The minimum absolute atomic E-state index is 0.0684. The summed E-state index contributed by atoms with van der Waals surface area (Å²) in [6.07, 6.45) is 0.789. The molecule has 0 saturated heterocycles. The van der Waals surface area contributed by atoms with Crippen LogP contribution in [0.5, 0.6) is 0 Å². The third kappa shape index (κ3) is 4.44. The van der Waals surface area contributed by atoms with E-state index >= 15 is 0 Å². The van der Waals surface area contributed by atoms with Gasteiger partial charge in [-0.15, -0.1) is 0 Å². The number of benzene rings is 2. The number of aryl methyl sites for hydroxylation is 3. The fraction of sp³-hybridized carbons (Fsp3) is 0.300. The summed E-state index contributed by atoms with van der Waals surface area (Å²) in [6.45, 7) is 8.06. The molecule has 0 fully saturated rings. The molecule has 2 aromatic carbocycles. The Labute approximate surface area is 143 Å². The van der Waals surface area contributed by atoms with E-state index < -0.39 is 0 Å². The highest BCUT2D eigenvalue weighted by Crippen LogP contribution is 2.15. The summed E-state index contributed by atoms with van der Waals surface area (Å²) in [5.74, 6) is 0.0684. The first kappa shape index (κ1) is 17.7. The Kier molecular flexibility index (Phi) is 5.74. The van der Waals surface area contributed by atoms with Crippen LogP contribution in [0.1, 0.15) is 46.5 Å². The van der Waals surface area contributed by atoms with E-state index in [2.05, 4.69) is 10.6 Å². The van der Waals surface area contributed by atoms with E-state index in [1.165, 1.54) is 5.56 Å². The van der Waals surface area contributed by atoms with Crippen molar-refractivity contribution in [3.05, 3.63) is 64.2 Å². The highest BCUT2D eigenvalue weighted by Gasteiger charge is 2.08. The van der Waals surface area contributed by atoms with Crippen molar-refractivity contribution >= 4 is 17.5 Å². The number of rotatable bonds is 5. The number of carbonyl (C=O) groups is 2. The second kappa shape index (κ2) is 7.77. The van der Waals surface area contributed by atoms with Crippen LogP contribution in [-0.2, 0) is 13.0 Å². The fourth-order valence-corrected chi connectivity index (χ4v) is 2.57. The van der Waals surface area contributed by atoms with E-state index in [1.807, 2.05) is 57.2 Å². The summed E-state index contributed by atoms with van der Waals surface area (Å²) in [4.78, 5) is 23.6. The van der Waals surface area contributed by atoms with E-state index in [0.717, 1.165) is 34.4 Å². The minimum atomic E-state index is -0.244. The Hall–Kier alpha value is -2.62. The molecule has 2 rings (SSSR count). The van der Waals surface area contributed by atoms with Gasteiger partial charge in [0.15, 0.2) is 5.78 Å². The van der Waals surface area contributed by atoms with Crippen LogP contribution in [0.3, 0.4) is 0 Å². The SMILES string of the molecule is CCc1cc(CNC(=O)Nc2ccc(C)c(C)c2)ccc1C(C)=O. The van der Waals surface area contributed by atoms with E-state index in [-0.39, 0.29) is 11.8 Å². The molecule has 2 aromatic rings. The van der Waals surface area contributed by atoms with E-state index in [9.17, 15) is 9.59 Å². The molecular formula is C20H24N2O2. The number of hydrogen-bond acceptors (Lipinski definition) is 2. The third-order valence-corrected chi connectivity index (χ3v) is 4.15. The van der Waals surface area contributed by atoms with Crippen LogP contribution < -0.4 is 10.6 Å². The Morgan fingerprint density at radius 3 is 2.38 bits per heavy atom. The number of urea groups is 1. The third-order valence-electron chi connectivity index (χ3n) is 4.15. The van der Waals surface area contributed by atoms with Crippen LogP contribution in [0.2, 0.25) is 0 Å². The molecule has 2 amide bonds. The molecule has 0 aliphatic rings. The Morgan fingerprint density at radius 2 is 1.75 bits per heavy atom. The van der Waals surface area contributed by atoms with Gasteiger partial charge in [0.2, 0.25) is 0 Å². The van der Waals surface area contributed by atoms with Gasteiger partial charge in [0.1, 0.15) is 0 Å². The van der Waals surface area contributed by atoms with Crippen LogP contribution in [0.15, 0.2) is 36.4 Å². The molecule has 0 saturated carbocycles. The van der Waals surface area contributed by atoms with Crippen LogP contribution in [0, 0.1) is 13.8 Å². The summed E-state index contributed by atoms with van der Waals surface area (Å²) in [5.41, 5.74) is 5.85. The molecule has 0 aromatic heterocycles. The highest BCUT2D eigenvalue weighted by atomic mass is 16.2. The van der Waals surface area contributed by atoms with E-state index in [4.69, 9.17) is 0 Å². The van der Waals surface area contributed by atoms with Gasteiger partial charge in [0.25, 0.3) is 0 Å². The predicted octanol–water partition coefficient (Wildman–Crippen LogP) is 4.39. The molecule has 0 radical (unpaired) electrons. The van der Waals surface area contributed by atoms with Crippen molar-refractivity contribution in [1.82, 2.24) is 5.32 Å². The smallest absolute Gasteiger partial charge is 0.319 e. The van der Waals surface area contributed by atoms with Crippen molar-refractivity contribution in [2.75, 3.05) is 5.32 Å². The number of Topliss-reactive ketones (excluding diaryl/α,β-unsaturated/α-hetero) is 1. The first-order valence-corrected chi connectivity index (χ1v) is 8.15. The Bertz CT molecular complexity index is 766. The van der Waals surface area contributed by atoms with E-state index in [0.29, 0.717) is 6.54 Å². The molecule has 0 aliphatic heterocycles. The van der Waals surface area contributed by atoms with Gasteiger partial charge in [-0.25, -0.2) is 4.79 Å². The van der Waals surface area contributed by atoms with Gasteiger partial charge in [-0.05, 0) is 61.6 Å². The lowest BCUT2D eigenvalue weighted by molar-refractivity contribution is 0.101. The lowest BCUT2D eigenvalue weighted by Gasteiger charge is -2.11. The van der Waals surface area contributed by atoms with Gasteiger partial charge < -0.3 is 10.6 Å². The van der Waals surface area contributed by atoms with Gasteiger partial charge in [0, 0.05) is 17.8 Å². The second-order valence-electron chi connectivity index (χ2n) is 6.01. The minimum Gasteiger partial charge on any atom is -0.334 e. The topological polar surface area (TPSA) is 58.2 Å². The Morgan fingerprint density at radius 1 is 1.00 bits per heavy atom. The van der Waals surface area contributed by atoms with Crippen LogP contribution >= 0.6 is 0 Å². The number of carbonyl (C=O) groups excluding carboxylic acids is 2. The molecule has 2 N–H and O–H groups in total. The van der Waals surface area contributed by atoms with Crippen LogP contribution in [-0.4, -0.2) is 11.8 Å². The average Bonchev–Trinajstić information content (AvgIpc) is 2.56. The highest BCUT2D eigenvalue weighted by molar-refractivity contribution is 5.95. The zero-order valence-corrected chi connectivity index (χ0v) is 14.7. The zero-order valence-electron chi connectivity index (χ0n) is 14.7. The van der Waals surface area contributed by atoms with Crippen molar-refractivity contribution in [2.24, 2.45) is 0 Å². The summed E-state index contributed by atoms with van der Waals surface area (Å²) >= 11 is 0. The van der Waals surface area contributed by atoms with Crippen molar-refractivity contribution in [3.63, 3.8) is 0 Å². The van der Waals surface area contributed by atoms with Crippen LogP contribution in [0.4, 0.5) is 10.5 Å². The number of amides is 2. The normalized spacial score (nSPS) is 10.3. The Balaban J connectivity index is 1.98. The number of ketones is 1. The van der Waals surface area contributed by atoms with Crippen LogP contribution in [0.25, 0.3) is 0 Å². The molecular weight excluding hydrogens is 300 g/mol. The van der Waals surface area contributed by atoms with Crippen molar-refractivity contribution in [3.8, 4) is 0 Å². The summed E-state index contributed by atoms with van der Waals surface area (Å²) in [6, 6.07) is 11.3. The molecule has 4 nitrogen and oxygen atoms in total. The van der Waals surface area contributed by atoms with E-state index in [1.54, 1.807) is 6.92 Å². The second-order valence-corrected chi connectivity index (χ2v) is 6.01. The monoisotopic (exact) mass is 324 g/mol. The zero-order chi connectivity index (χ0) is 17.7. The molecule has 0 aliphatic carbocycles. The number of hydrogen-bond donors (Lipinski definition) is 2. The van der Waals surface area contributed by atoms with Gasteiger partial charge in [-0.3, -0.25) is 4.79 Å². The lowest BCUT2D eigenvalue weighted by Crippen LogP contribution is -2.28. The van der Waals surface area contributed by atoms with Gasteiger partial charge in [-0.1, -0.05) is 31.2 Å². The molecule has 0 bridgehead atoms. The summed E-state index contributed by atoms with van der Waals surface area (Å²) in [5, 5.41) is 5.68. The molecule has 126 valence electrons. The molecule has 0 heterocycles. The van der Waals surface area contributed by atoms with Gasteiger partial charge >= 0.3 is 6.03 Å². The molecule has 0 unspecified atom stereocenters. The molecule has 0 spiro atoms. The lowest BCUT2D eigenvalue weighted by atomic mass is 9.99. The largest absolute Gasteiger partial charge is 0.334 e. The number of nitrogens with one attached hydrogen (secondary N) is 2. The van der Waals surface area contributed by atoms with Gasteiger partial charge in [-0.2, -0.15) is 0 Å². The standard InChI is InChI=1S/C20H24N2O2/c1-5-17-11-16(7-9-19(17)15(4)23)12-21-20(24)22-18-8-6-13(2)14(3)10-18/h6-11H,5,12H2,1-4H3,(H2,21,22,24). The maximum atomic E-state index is 12.0. The molecule has 24 heavy (non-hydrogen) atoms. The number of anilines is 1. The maximum Gasteiger partial charge on any atom is 0.319 e.